The molecule has 2 fully saturated rings. The van der Waals surface area contributed by atoms with Crippen molar-refractivity contribution in [2.75, 3.05) is 25.5 Å². The maximum Gasteiger partial charge on any atom is 0.418 e. The first-order valence-electron chi connectivity index (χ1n) is 11.9. The molecule has 2 aliphatic heterocycles. The number of hydrogen-bond acceptors (Lipinski definition) is 5. The van der Waals surface area contributed by atoms with Gasteiger partial charge in [0.25, 0.3) is 5.91 Å². The molecule has 0 saturated carbocycles. The van der Waals surface area contributed by atoms with Gasteiger partial charge in [-0.1, -0.05) is 36.4 Å². The van der Waals surface area contributed by atoms with Crippen LogP contribution in [0.1, 0.15) is 48.4 Å². The molecule has 2 atom stereocenters. The Bertz CT molecular complexity index is 1180. The van der Waals surface area contributed by atoms with Crippen LogP contribution in [0.2, 0.25) is 0 Å². The molecule has 5 rings (SSSR count). The van der Waals surface area contributed by atoms with Crippen LogP contribution in [0.3, 0.4) is 0 Å². The zero-order chi connectivity index (χ0) is 24.6. The summed E-state index contributed by atoms with van der Waals surface area (Å²) in [6.45, 7) is 0.249. The molecule has 1 unspecified atom stereocenters. The van der Waals surface area contributed by atoms with Crippen LogP contribution in [0.5, 0.6) is 0 Å². The summed E-state index contributed by atoms with van der Waals surface area (Å²) in [5, 5.41) is 5.20. The Labute approximate surface area is 203 Å². The summed E-state index contributed by atoms with van der Waals surface area (Å²) in [5.41, 5.74) is 1.65. The van der Waals surface area contributed by atoms with E-state index >= 15 is 0 Å². The third-order valence-electron chi connectivity index (χ3n) is 7.15. The van der Waals surface area contributed by atoms with Crippen molar-refractivity contribution < 1.29 is 23.9 Å². The molecule has 2 saturated heterocycles. The van der Waals surface area contributed by atoms with Gasteiger partial charge in [-0.2, -0.15) is 0 Å². The highest BCUT2D eigenvalue weighted by Gasteiger charge is 2.58. The normalized spacial score (nSPS) is 23.3. The van der Waals surface area contributed by atoms with Crippen molar-refractivity contribution in [2.45, 2.75) is 43.7 Å². The Morgan fingerprint density at radius 1 is 1.11 bits per heavy atom. The molecule has 5 amide bonds. The van der Waals surface area contributed by atoms with Crippen molar-refractivity contribution in [1.29, 1.82) is 0 Å². The number of rotatable bonds is 4. The van der Waals surface area contributed by atoms with Gasteiger partial charge >= 0.3 is 12.1 Å². The topological polar surface area (TPSA) is 108 Å². The highest BCUT2D eigenvalue weighted by Crippen LogP contribution is 2.46. The van der Waals surface area contributed by atoms with Crippen molar-refractivity contribution in [3.8, 4) is 0 Å². The number of fused-ring (bicyclic) bond motifs is 2. The lowest BCUT2D eigenvalue weighted by Crippen LogP contribution is -2.47. The molecular formula is C26H28N4O5. The van der Waals surface area contributed by atoms with Gasteiger partial charge in [0, 0.05) is 31.3 Å². The summed E-state index contributed by atoms with van der Waals surface area (Å²) in [7, 11) is 1.52. The molecule has 35 heavy (non-hydrogen) atoms. The predicted molar refractivity (Wildman–Crippen MR) is 127 cm³/mol. The second-order valence-electron chi connectivity index (χ2n) is 9.17. The molecule has 9 nitrogen and oxygen atoms in total. The number of aryl methyl sites for hydroxylation is 1. The molecule has 2 aromatic carbocycles. The molecule has 9 heteroatoms. The highest BCUT2D eigenvalue weighted by molar-refractivity contribution is 6.06. The SMILES string of the molecule is CNC(=O)Nc1ccc2c(c1)CC[C@@]21OC(=O)N(CC(=O)N2CCCCC2c2ccccc2)C1=O. The second kappa shape index (κ2) is 9.05. The van der Waals surface area contributed by atoms with E-state index in [0.717, 1.165) is 35.3 Å². The summed E-state index contributed by atoms with van der Waals surface area (Å²) < 4.78 is 5.67. The lowest BCUT2D eigenvalue weighted by atomic mass is 9.94. The highest BCUT2D eigenvalue weighted by atomic mass is 16.6. The van der Waals surface area contributed by atoms with E-state index in [-0.39, 0.29) is 24.5 Å². The van der Waals surface area contributed by atoms with Crippen molar-refractivity contribution in [3.05, 3.63) is 65.2 Å². The number of anilines is 1. The van der Waals surface area contributed by atoms with Crippen molar-refractivity contribution in [3.63, 3.8) is 0 Å². The molecule has 2 heterocycles. The number of urea groups is 1. The summed E-state index contributed by atoms with van der Waals surface area (Å²) in [6, 6.07) is 14.6. The molecule has 1 aliphatic carbocycles. The molecule has 1 spiro atoms. The minimum atomic E-state index is -1.42. The minimum absolute atomic E-state index is 0.0708. The number of nitrogens with zero attached hydrogens (tertiary/aromatic N) is 2. The van der Waals surface area contributed by atoms with Crippen molar-refractivity contribution in [2.24, 2.45) is 0 Å². The van der Waals surface area contributed by atoms with Gasteiger partial charge < -0.3 is 20.3 Å². The number of benzene rings is 2. The predicted octanol–water partition coefficient (Wildman–Crippen LogP) is 3.31. The number of likely N-dealkylation sites (tertiary alicyclic amines) is 1. The molecule has 0 radical (unpaired) electrons. The van der Waals surface area contributed by atoms with Crippen LogP contribution in [0.15, 0.2) is 48.5 Å². The fourth-order valence-electron chi connectivity index (χ4n) is 5.40. The van der Waals surface area contributed by atoms with Crippen LogP contribution in [0.25, 0.3) is 0 Å². The Hall–Kier alpha value is -3.88. The first kappa shape index (κ1) is 22.9. The van der Waals surface area contributed by atoms with E-state index in [9.17, 15) is 19.2 Å². The van der Waals surface area contributed by atoms with Gasteiger partial charge in [0.15, 0.2) is 0 Å². The lowest BCUT2D eigenvalue weighted by molar-refractivity contribution is -0.143. The number of nitrogens with one attached hydrogen (secondary N) is 2. The Kier molecular flexibility index (Phi) is 5.92. The smallest absolute Gasteiger partial charge is 0.418 e. The molecule has 2 aromatic rings. The largest absolute Gasteiger partial charge is 0.427 e. The maximum atomic E-state index is 13.5. The summed E-state index contributed by atoms with van der Waals surface area (Å²) in [5.74, 6) is -0.765. The standard InChI is InChI=1S/C26H28N4O5/c1-27-24(33)28-19-10-11-20-18(15-19)12-13-26(20)23(32)30(25(34)35-26)16-22(31)29-14-6-5-9-21(29)17-7-3-2-4-8-17/h2-4,7-8,10-11,15,21H,5-6,9,12-14,16H2,1H3,(H2,27,28,33)/t21?,26-/m1/s1. The fourth-order valence-corrected chi connectivity index (χ4v) is 5.40. The lowest BCUT2D eigenvalue weighted by Gasteiger charge is -2.36. The van der Waals surface area contributed by atoms with Crippen LogP contribution in [0.4, 0.5) is 15.3 Å². The minimum Gasteiger partial charge on any atom is -0.427 e. The number of carbonyl (C=O) groups excluding carboxylic acids is 4. The third-order valence-corrected chi connectivity index (χ3v) is 7.15. The monoisotopic (exact) mass is 476 g/mol. The molecular weight excluding hydrogens is 448 g/mol. The van der Waals surface area contributed by atoms with E-state index < -0.39 is 17.6 Å². The number of carbonyl (C=O) groups is 4. The van der Waals surface area contributed by atoms with Crippen LogP contribution in [0, 0.1) is 0 Å². The Balaban J connectivity index is 1.34. The average molecular weight is 477 g/mol. The third kappa shape index (κ3) is 4.00. The number of piperidine rings is 1. The molecule has 3 aliphatic rings. The first-order chi connectivity index (χ1) is 16.9. The van der Waals surface area contributed by atoms with Gasteiger partial charge in [0.2, 0.25) is 11.5 Å². The van der Waals surface area contributed by atoms with E-state index in [1.807, 2.05) is 30.3 Å². The van der Waals surface area contributed by atoms with E-state index in [2.05, 4.69) is 10.6 Å². The summed E-state index contributed by atoms with van der Waals surface area (Å²) in [4.78, 5) is 54.0. The van der Waals surface area contributed by atoms with E-state index in [0.29, 0.717) is 30.6 Å². The first-order valence-corrected chi connectivity index (χ1v) is 11.9. The fraction of sp³-hybridized carbons (Fsp3) is 0.385. The molecule has 2 N–H and O–H groups in total. The Morgan fingerprint density at radius 2 is 1.91 bits per heavy atom. The molecule has 0 bridgehead atoms. The van der Waals surface area contributed by atoms with Crippen molar-refractivity contribution in [1.82, 2.24) is 15.1 Å². The average Bonchev–Trinajstić information content (AvgIpc) is 3.36. The van der Waals surface area contributed by atoms with Gasteiger partial charge in [-0.3, -0.25) is 9.59 Å². The van der Waals surface area contributed by atoms with Crippen LogP contribution in [-0.4, -0.2) is 53.9 Å². The zero-order valence-corrected chi connectivity index (χ0v) is 19.6. The van der Waals surface area contributed by atoms with E-state index in [1.165, 1.54) is 7.05 Å². The van der Waals surface area contributed by atoms with Gasteiger partial charge in [-0.15, -0.1) is 0 Å². The van der Waals surface area contributed by atoms with Gasteiger partial charge in [0.1, 0.15) is 6.54 Å². The zero-order valence-electron chi connectivity index (χ0n) is 19.6. The van der Waals surface area contributed by atoms with Gasteiger partial charge in [-0.05, 0) is 48.9 Å². The molecule has 182 valence electrons. The number of imide groups is 1. The van der Waals surface area contributed by atoms with Crippen LogP contribution >= 0.6 is 0 Å². The second-order valence-corrected chi connectivity index (χ2v) is 9.17. The Morgan fingerprint density at radius 3 is 2.69 bits per heavy atom. The van der Waals surface area contributed by atoms with E-state index in [4.69, 9.17) is 4.74 Å². The van der Waals surface area contributed by atoms with Crippen LogP contribution in [-0.2, 0) is 26.3 Å². The summed E-state index contributed by atoms with van der Waals surface area (Å²) >= 11 is 0. The number of ether oxygens (including phenoxy) is 1. The van der Waals surface area contributed by atoms with E-state index in [1.54, 1.807) is 23.1 Å². The van der Waals surface area contributed by atoms with Gasteiger partial charge in [-0.25, -0.2) is 14.5 Å². The molecule has 0 aromatic heterocycles. The van der Waals surface area contributed by atoms with Crippen LogP contribution < -0.4 is 10.6 Å². The van der Waals surface area contributed by atoms with Crippen molar-refractivity contribution >= 4 is 29.6 Å². The number of hydrogen-bond donors (Lipinski definition) is 2. The quantitative estimate of drug-likeness (QED) is 0.704. The maximum absolute atomic E-state index is 13.5. The summed E-state index contributed by atoms with van der Waals surface area (Å²) in [6.07, 6.45) is 2.77. The van der Waals surface area contributed by atoms with Gasteiger partial charge in [0.05, 0.1) is 6.04 Å². The number of amides is 5.